The van der Waals surface area contributed by atoms with Crippen LogP contribution >= 0.6 is 0 Å². The highest BCUT2D eigenvalue weighted by Gasteiger charge is 2.33. The Hall–Kier alpha value is -4.13. The molecule has 0 saturated heterocycles. The van der Waals surface area contributed by atoms with Crippen molar-refractivity contribution in [1.82, 2.24) is 14.7 Å². The molecular weight excluding hydrogens is 442 g/mol. The summed E-state index contributed by atoms with van der Waals surface area (Å²) in [5, 5.41) is 4.88. The van der Waals surface area contributed by atoms with E-state index in [1.165, 1.54) is 6.20 Å². The van der Waals surface area contributed by atoms with E-state index in [0.29, 0.717) is 30.0 Å². The lowest BCUT2D eigenvalue weighted by atomic mass is 9.87. The predicted octanol–water partition coefficient (Wildman–Crippen LogP) is 3.98. The molecule has 7 nitrogen and oxygen atoms in total. The minimum atomic E-state index is -0.231. The Morgan fingerprint density at radius 3 is 2.49 bits per heavy atom. The number of hydrogen-bond acceptors (Lipinski definition) is 5. The molecule has 0 aliphatic carbocycles. The third-order valence-corrected chi connectivity index (χ3v) is 6.61. The van der Waals surface area contributed by atoms with Gasteiger partial charge in [0.1, 0.15) is 0 Å². The molecule has 4 aromatic rings. The molecule has 0 spiro atoms. The van der Waals surface area contributed by atoms with Gasteiger partial charge in [0.15, 0.2) is 11.5 Å². The van der Waals surface area contributed by atoms with Gasteiger partial charge in [-0.3, -0.25) is 14.3 Å². The quantitative estimate of drug-likeness (QED) is 0.427. The first-order valence-corrected chi connectivity index (χ1v) is 11.6. The average Bonchev–Trinajstić information content (AvgIpc) is 2.91. The molecule has 0 radical (unpaired) electrons. The van der Waals surface area contributed by atoms with Gasteiger partial charge >= 0.3 is 0 Å². The van der Waals surface area contributed by atoms with Crippen molar-refractivity contribution in [1.29, 1.82) is 0 Å². The number of methoxy groups -OCH3 is 2. The number of hydrogen-bond donors (Lipinski definition) is 0. The molecule has 35 heavy (non-hydrogen) atoms. The van der Waals surface area contributed by atoms with Gasteiger partial charge in [0, 0.05) is 18.4 Å². The standard InChI is InChI=1S/C28H27N3O4/c1-34-25-16-20-12-14-30(28(19-8-4-3-5-9-19)22(20)17-26(25)35-2)27(33)13-15-31-23-11-7-6-10-21(23)24(32)18-29-31/h3-11,16-18,28H,12-15H2,1-2H3. The number of aromatic nitrogens is 2. The summed E-state index contributed by atoms with van der Waals surface area (Å²) in [5.74, 6) is 1.36. The molecule has 0 N–H and O–H groups in total. The van der Waals surface area contributed by atoms with Gasteiger partial charge in [-0.25, -0.2) is 0 Å². The van der Waals surface area contributed by atoms with E-state index in [4.69, 9.17) is 9.47 Å². The zero-order chi connectivity index (χ0) is 24.4. The van der Waals surface area contributed by atoms with Crippen molar-refractivity contribution in [3.8, 4) is 11.5 Å². The Balaban J connectivity index is 1.48. The number of fused-ring (bicyclic) bond motifs is 2. The van der Waals surface area contributed by atoms with E-state index in [1.807, 2.05) is 65.6 Å². The first-order valence-electron chi connectivity index (χ1n) is 11.6. The predicted molar refractivity (Wildman–Crippen MR) is 134 cm³/mol. The lowest BCUT2D eigenvalue weighted by molar-refractivity contribution is -0.133. The third kappa shape index (κ3) is 4.25. The van der Waals surface area contributed by atoms with Gasteiger partial charge in [-0.05, 0) is 47.4 Å². The molecule has 7 heteroatoms. The molecule has 3 aromatic carbocycles. The van der Waals surface area contributed by atoms with Crippen molar-refractivity contribution in [2.24, 2.45) is 0 Å². The molecule has 0 fully saturated rings. The number of carbonyl (C=O) groups is 1. The molecular formula is C28H27N3O4. The van der Waals surface area contributed by atoms with Crippen molar-refractivity contribution in [3.05, 3.63) is 99.8 Å². The highest BCUT2D eigenvalue weighted by molar-refractivity contribution is 5.80. The van der Waals surface area contributed by atoms with Gasteiger partial charge in [-0.2, -0.15) is 5.10 Å². The number of nitrogens with zero attached hydrogens (tertiary/aromatic N) is 3. The summed E-state index contributed by atoms with van der Waals surface area (Å²) >= 11 is 0. The van der Waals surface area contributed by atoms with Gasteiger partial charge in [0.05, 0.1) is 38.5 Å². The lowest BCUT2D eigenvalue weighted by Crippen LogP contribution is -2.41. The van der Waals surface area contributed by atoms with Crippen molar-refractivity contribution in [2.75, 3.05) is 20.8 Å². The second-order valence-electron chi connectivity index (χ2n) is 8.56. The number of para-hydroxylation sites is 1. The topological polar surface area (TPSA) is 73.7 Å². The van der Waals surface area contributed by atoms with Gasteiger partial charge in [0.2, 0.25) is 11.3 Å². The Bertz CT molecular complexity index is 1430. The molecule has 178 valence electrons. The Kier molecular flexibility index (Phi) is 6.23. The summed E-state index contributed by atoms with van der Waals surface area (Å²) in [4.78, 5) is 27.7. The van der Waals surface area contributed by atoms with Crippen molar-refractivity contribution >= 4 is 16.8 Å². The second kappa shape index (κ2) is 9.62. The van der Waals surface area contributed by atoms with E-state index < -0.39 is 0 Å². The maximum Gasteiger partial charge on any atom is 0.225 e. The number of aryl methyl sites for hydroxylation is 1. The van der Waals surface area contributed by atoms with Crippen LogP contribution in [0.2, 0.25) is 0 Å². The van der Waals surface area contributed by atoms with Gasteiger partial charge in [-0.15, -0.1) is 0 Å². The molecule has 0 bridgehead atoms. The number of benzene rings is 3. The van der Waals surface area contributed by atoms with E-state index in [2.05, 4.69) is 5.10 Å². The molecule has 1 aliphatic rings. The summed E-state index contributed by atoms with van der Waals surface area (Å²) in [5.41, 5.74) is 3.84. The lowest BCUT2D eigenvalue weighted by Gasteiger charge is -2.38. The minimum Gasteiger partial charge on any atom is -0.493 e. The van der Waals surface area contributed by atoms with E-state index in [0.717, 1.165) is 28.6 Å². The molecule has 1 atom stereocenters. The SMILES string of the molecule is COc1cc2c(cc1OC)C(c1ccccc1)N(C(=O)CCn1ncc(=O)c3ccccc31)CC2. The van der Waals surface area contributed by atoms with Crippen LogP contribution in [0.15, 0.2) is 77.7 Å². The molecule has 1 aliphatic heterocycles. The van der Waals surface area contributed by atoms with Crippen LogP contribution in [-0.2, 0) is 17.8 Å². The van der Waals surface area contributed by atoms with Crippen LogP contribution in [0, 0.1) is 0 Å². The number of amides is 1. The fourth-order valence-electron chi connectivity index (χ4n) is 4.89. The Morgan fingerprint density at radius 2 is 1.71 bits per heavy atom. The van der Waals surface area contributed by atoms with Crippen LogP contribution in [0.1, 0.15) is 29.2 Å². The van der Waals surface area contributed by atoms with Crippen LogP contribution in [0.4, 0.5) is 0 Å². The monoisotopic (exact) mass is 469 g/mol. The smallest absolute Gasteiger partial charge is 0.225 e. The van der Waals surface area contributed by atoms with E-state index in [1.54, 1.807) is 25.0 Å². The molecule has 1 aromatic heterocycles. The fourth-order valence-corrected chi connectivity index (χ4v) is 4.89. The summed E-state index contributed by atoms with van der Waals surface area (Å²) in [7, 11) is 3.25. The van der Waals surface area contributed by atoms with E-state index in [-0.39, 0.29) is 23.8 Å². The number of ether oxygens (including phenoxy) is 2. The largest absolute Gasteiger partial charge is 0.493 e. The summed E-state index contributed by atoms with van der Waals surface area (Å²) in [6.45, 7) is 0.982. The van der Waals surface area contributed by atoms with Gasteiger partial charge in [0.25, 0.3) is 0 Å². The maximum atomic E-state index is 13.6. The number of carbonyl (C=O) groups excluding carboxylic acids is 1. The molecule has 1 amide bonds. The van der Waals surface area contributed by atoms with Crippen molar-refractivity contribution in [2.45, 2.75) is 25.4 Å². The van der Waals surface area contributed by atoms with E-state index >= 15 is 0 Å². The van der Waals surface area contributed by atoms with Crippen molar-refractivity contribution < 1.29 is 14.3 Å². The highest BCUT2D eigenvalue weighted by Crippen LogP contribution is 2.41. The first-order chi connectivity index (χ1) is 17.1. The average molecular weight is 470 g/mol. The fraction of sp³-hybridized carbons (Fsp3) is 0.250. The minimum absolute atomic E-state index is 0.0314. The van der Waals surface area contributed by atoms with Crippen LogP contribution in [0.5, 0.6) is 11.5 Å². The Labute approximate surface area is 203 Å². The molecule has 0 saturated carbocycles. The summed E-state index contributed by atoms with van der Waals surface area (Å²) in [6, 6.07) is 21.2. The third-order valence-electron chi connectivity index (χ3n) is 6.61. The van der Waals surface area contributed by atoms with Crippen LogP contribution in [0.25, 0.3) is 10.9 Å². The molecule has 5 rings (SSSR count). The van der Waals surface area contributed by atoms with Crippen LogP contribution in [0.3, 0.4) is 0 Å². The van der Waals surface area contributed by atoms with Crippen molar-refractivity contribution in [3.63, 3.8) is 0 Å². The zero-order valence-corrected chi connectivity index (χ0v) is 19.8. The molecule has 1 unspecified atom stereocenters. The Morgan fingerprint density at radius 1 is 1.00 bits per heavy atom. The van der Waals surface area contributed by atoms with Crippen LogP contribution in [-0.4, -0.2) is 41.4 Å². The van der Waals surface area contributed by atoms with E-state index in [9.17, 15) is 9.59 Å². The molecule has 2 heterocycles. The summed E-state index contributed by atoms with van der Waals surface area (Å²) < 4.78 is 12.8. The van der Waals surface area contributed by atoms with Crippen LogP contribution < -0.4 is 14.9 Å². The zero-order valence-electron chi connectivity index (χ0n) is 19.8. The second-order valence-corrected chi connectivity index (χ2v) is 8.56. The van der Waals surface area contributed by atoms with Gasteiger partial charge < -0.3 is 14.4 Å². The maximum absolute atomic E-state index is 13.6. The highest BCUT2D eigenvalue weighted by atomic mass is 16.5. The van der Waals surface area contributed by atoms with Gasteiger partial charge in [-0.1, -0.05) is 42.5 Å². The number of rotatable bonds is 6. The first kappa shape index (κ1) is 22.7. The normalized spacial score (nSPS) is 15.0. The summed E-state index contributed by atoms with van der Waals surface area (Å²) in [6.07, 6.45) is 2.31.